The van der Waals surface area contributed by atoms with Crippen LogP contribution in [0.4, 0.5) is 11.4 Å². The van der Waals surface area contributed by atoms with Gasteiger partial charge in [-0.15, -0.1) is 0 Å². The number of carbonyl (C=O) groups is 2. The Hall–Kier alpha value is -2.31. The summed E-state index contributed by atoms with van der Waals surface area (Å²) in [5.74, 6) is -0.428. The number of nitrogens with zero attached hydrogens (tertiary/aromatic N) is 1. The van der Waals surface area contributed by atoms with Crippen molar-refractivity contribution in [3.8, 4) is 0 Å². The van der Waals surface area contributed by atoms with Crippen LogP contribution < -0.4 is 10.6 Å². The smallest absolute Gasteiger partial charge is 0.240 e. The van der Waals surface area contributed by atoms with Crippen LogP contribution in [0.2, 0.25) is 5.02 Å². The first-order chi connectivity index (χ1) is 12.4. The summed E-state index contributed by atoms with van der Waals surface area (Å²) in [6.45, 7) is 3.90. The van der Waals surface area contributed by atoms with Gasteiger partial charge in [-0.25, -0.2) is 4.99 Å². The number of aliphatic imine (C=N–C) groups is 1. The normalized spacial score (nSPS) is 18.0. The van der Waals surface area contributed by atoms with E-state index in [0.717, 1.165) is 16.8 Å². The van der Waals surface area contributed by atoms with Gasteiger partial charge in [0.05, 0.1) is 10.7 Å². The molecule has 0 unspecified atom stereocenters. The van der Waals surface area contributed by atoms with Crippen LogP contribution in [-0.2, 0) is 9.59 Å². The monoisotopic (exact) mass is 387 g/mol. The molecule has 5 nitrogen and oxygen atoms in total. The van der Waals surface area contributed by atoms with E-state index in [1.165, 1.54) is 11.8 Å². The van der Waals surface area contributed by atoms with Crippen LogP contribution in [-0.4, -0.2) is 22.2 Å². The Balaban J connectivity index is 1.65. The van der Waals surface area contributed by atoms with Crippen LogP contribution in [0.15, 0.2) is 47.5 Å². The van der Waals surface area contributed by atoms with E-state index in [0.29, 0.717) is 15.9 Å². The number of carbonyl (C=O) groups excluding carboxylic acids is 2. The van der Waals surface area contributed by atoms with Crippen molar-refractivity contribution in [2.45, 2.75) is 25.5 Å². The molecule has 134 valence electrons. The van der Waals surface area contributed by atoms with Gasteiger partial charge in [0.15, 0.2) is 5.17 Å². The van der Waals surface area contributed by atoms with Gasteiger partial charge in [0, 0.05) is 12.1 Å². The molecule has 1 atom stereocenters. The van der Waals surface area contributed by atoms with Crippen molar-refractivity contribution in [3.63, 3.8) is 0 Å². The fourth-order valence-electron chi connectivity index (χ4n) is 2.48. The van der Waals surface area contributed by atoms with Gasteiger partial charge in [-0.1, -0.05) is 47.6 Å². The summed E-state index contributed by atoms with van der Waals surface area (Å²) in [4.78, 5) is 28.8. The predicted octanol–water partition coefficient (Wildman–Crippen LogP) is 4.20. The lowest BCUT2D eigenvalue weighted by molar-refractivity contribution is -0.122. The Morgan fingerprint density at radius 1 is 1.27 bits per heavy atom. The average molecular weight is 388 g/mol. The van der Waals surface area contributed by atoms with Gasteiger partial charge in [-0.3, -0.25) is 9.59 Å². The molecule has 1 aliphatic rings. The van der Waals surface area contributed by atoms with Crippen molar-refractivity contribution in [1.29, 1.82) is 0 Å². The largest absolute Gasteiger partial charge is 0.326 e. The third-order valence-corrected chi connectivity index (χ3v) is 5.29. The number of thioether (sulfide) groups is 1. The maximum Gasteiger partial charge on any atom is 0.240 e. The lowest BCUT2D eigenvalue weighted by Crippen LogP contribution is -2.28. The molecule has 0 bridgehead atoms. The molecule has 0 radical (unpaired) electrons. The Labute approximate surface area is 161 Å². The number of rotatable bonds is 4. The molecule has 2 aromatic carbocycles. The molecule has 0 saturated carbocycles. The van der Waals surface area contributed by atoms with Gasteiger partial charge in [-0.2, -0.15) is 0 Å². The van der Waals surface area contributed by atoms with Crippen LogP contribution in [0.3, 0.4) is 0 Å². The van der Waals surface area contributed by atoms with E-state index < -0.39 is 5.25 Å². The number of nitrogens with one attached hydrogen (secondary N) is 2. The maximum atomic E-state index is 12.3. The van der Waals surface area contributed by atoms with E-state index >= 15 is 0 Å². The minimum Gasteiger partial charge on any atom is -0.326 e. The summed E-state index contributed by atoms with van der Waals surface area (Å²) in [7, 11) is 0. The van der Waals surface area contributed by atoms with Crippen molar-refractivity contribution in [3.05, 3.63) is 58.6 Å². The van der Waals surface area contributed by atoms with Crippen LogP contribution >= 0.6 is 23.4 Å². The zero-order valence-electron chi connectivity index (χ0n) is 14.4. The molecule has 2 aromatic rings. The highest BCUT2D eigenvalue weighted by Crippen LogP contribution is 2.29. The molecule has 1 aliphatic heterocycles. The fourth-order valence-corrected chi connectivity index (χ4v) is 3.64. The summed E-state index contributed by atoms with van der Waals surface area (Å²) in [5.41, 5.74) is 3.39. The fraction of sp³-hybridized carbons (Fsp3) is 0.211. The van der Waals surface area contributed by atoms with E-state index in [9.17, 15) is 9.59 Å². The van der Waals surface area contributed by atoms with Crippen LogP contribution in [0, 0.1) is 13.8 Å². The molecule has 2 N–H and O–H groups in total. The Bertz CT molecular complexity index is 898. The van der Waals surface area contributed by atoms with Crippen molar-refractivity contribution in [1.82, 2.24) is 5.32 Å². The van der Waals surface area contributed by atoms with Gasteiger partial charge in [-0.05, 0) is 43.2 Å². The molecule has 26 heavy (non-hydrogen) atoms. The molecule has 1 saturated heterocycles. The second-order valence-corrected chi connectivity index (χ2v) is 7.63. The Kier molecular flexibility index (Phi) is 5.64. The average Bonchev–Trinajstić information content (AvgIpc) is 2.92. The zero-order valence-corrected chi connectivity index (χ0v) is 15.9. The third-order valence-electron chi connectivity index (χ3n) is 3.89. The summed E-state index contributed by atoms with van der Waals surface area (Å²) in [6, 6.07) is 13.0. The van der Waals surface area contributed by atoms with Gasteiger partial charge < -0.3 is 10.6 Å². The quantitative estimate of drug-likeness (QED) is 0.825. The summed E-state index contributed by atoms with van der Waals surface area (Å²) in [6.07, 6.45) is 0.0748. The third kappa shape index (κ3) is 4.45. The molecular weight excluding hydrogens is 370 g/mol. The van der Waals surface area contributed by atoms with Crippen LogP contribution in [0.25, 0.3) is 0 Å². The summed E-state index contributed by atoms with van der Waals surface area (Å²) < 4.78 is 0. The Morgan fingerprint density at radius 2 is 2.04 bits per heavy atom. The van der Waals surface area contributed by atoms with E-state index in [4.69, 9.17) is 11.6 Å². The molecule has 0 aliphatic carbocycles. The zero-order chi connectivity index (χ0) is 18.7. The predicted molar refractivity (Wildman–Crippen MR) is 107 cm³/mol. The summed E-state index contributed by atoms with van der Waals surface area (Å²) >= 11 is 7.32. The molecular formula is C19H18ClN3O2S. The highest BCUT2D eigenvalue weighted by atomic mass is 35.5. The highest BCUT2D eigenvalue weighted by molar-refractivity contribution is 8.15. The molecule has 1 heterocycles. The molecule has 0 aromatic heterocycles. The van der Waals surface area contributed by atoms with Gasteiger partial charge in [0.1, 0.15) is 5.25 Å². The molecule has 1 fully saturated rings. The number of aryl methyl sites for hydroxylation is 2. The first kappa shape index (κ1) is 18.5. The number of hydrogen-bond acceptors (Lipinski definition) is 4. The van der Waals surface area contributed by atoms with E-state index in [2.05, 4.69) is 15.6 Å². The lowest BCUT2D eigenvalue weighted by Gasteiger charge is -2.10. The van der Waals surface area contributed by atoms with Crippen molar-refractivity contribution in [2.75, 3.05) is 5.32 Å². The molecule has 7 heteroatoms. The number of para-hydroxylation sites is 1. The molecule has 3 rings (SSSR count). The number of benzene rings is 2. The van der Waals surface area contributed by atoms with Gasteiger partial charge in [0.2, 0.25) is 11.8 Å². The SMILES string of the molecule is Cc1ccc(C)c(NC(=O)C[C@@H]2SC(=Nc3ccccc3Cl)NC2=O)c1. The van der Waals surface area contributed by atoms with E-state index in [1.54, 1.807) is 12.1 Å². The number of hydrogen-bond donors (Lipinski definition) is 2. The topological polar surface area (TPSA) is 70.6 Å². The van der Waals surface area contributed by atoms with Gasteiger partial charge >= 0.3 is 0 Å². The number of anilines is 1. The summed E-state index contributed by atoms with van der Waals surface area (Å²) in [5, 5.41) is 6.03. The van der Waals surface area contributed by atoms with Gasteiger partial charge in [0.25, 0.3) is 0 Å². The number of halogens is 1. The lowest BCUT2D eigenvalue weighted by atomic mass is 10.1. The van der Waals surface area contributed by atoms with E-state index in [-0.39, 0.29) is 18.2 Å². The second kappa shape index (κ2) is 7.93. The standard InChI is InChI=1S/C19H18ClN3O2S/c1-11-7-8-12(2)15(9-11)21-17(24)10-16-18(25)23-19(26-16)22-14-6-4-3-5-13(14)20/h3-9,16H,10H2,1-2H3,(H,21,24)(H,22,23,25)/t16-/m0/s1. The van der Waals surface area contributed by atoms with Crippen molar-refractivity contribution >= 4 is 51.7 Å². The first-order valence-electron chi connectivity index (χ1n) is 8.10. The first-order valence-corrected chi connectivity index (χ1v) is 9.36. The van der Waals surface area contributed by atoms with Crippen LogP contribution in [0.1, 0.15) is 17.5 Å². The number of amides is 2. The highest BCUT2D eigenvalue weighted by Gasteiger charge is 2.32. The maximum absolute atomic E-state index is 12.3. The Morgan fingerprint density at radius 3 is 2.81 bits per heavy atom. The van der Waals surface area contributed by atoms with Crippen LogP contribution in [0.5, 0.6) is 0 Å². The van der Waals surface area contributed by atoms with Crippen molar-refractivity contribution < 1.29 is 9.59 Å². The minimum atomic E-state index is -0.513. The van der Waals surface area contributed by atoms with E-state index in [1.807, 2.05) is 44.2 Å². The molecule has 0 spiro atoms. The number of amidine groups is 1. The second-order valence-electron chi connectivity index (χ2n) is 6.03. The molecule has 2 amide bonds. The van der Waals surface area contributed by atoms with Crippen molar-refractivity contribution in [2.24, 2.45) is 4.99 Å². The minimum absolute atomic E-state index is 0.0748.